The van der Waals surface area contributed by atoms with Crippen LogP contribution in [-0.4, -0.2) is 22.1 Å². The van der Waals surface area contributed by atoms with Gasteiger partial charge in [-0.25, -0.2) is 4.98 Å². The number of nitrogens with one attached hydrogen (secondary N) is 1. The van der Waals surface area contributed by atoms with E-state index in [-0.39, 0.29) is 11.9 Å². The fourth-order valence-electron chi connectivity index (χ4n) is 3.73. The zero-order chi connectivity index (χ0) is 22.7. The monoisotopic (exact) mass is 447 g/mol. The van der Waals surface area contributed by atoms with Gasteiger partial charge in [0.1, 0.15) is 18.2 Å². The lowest BCUT2D eigenvalue weighted by atomic mass is 10.1. The summed E-state index contributed by atoms with van der Waals surface area (Å²) in [5.41, 5.74) is 4.81. The molecular formula is C26H26ClN3O2. The Balaban J connectivity index is 1.54. The maximum atomic E-state index is 12.7. The van der Waals surface area contributed by atoms with Gasteiger partial charge in [-0.05, 0) is 74.4 Å². The molecule has 4 aromatic rings. The van der Waals surface area contributed by atoms with Crippen molar-refractivity contribution in [3.63, 3.8) is 0 Å². The zero-order valence-corrected chi connectivity index (χ0v) is 19.2. The fourth-order valence-corrected chi connectivity index (χ4v) is 3.86. The maximum Gasteiger partial charge on any atom is 0.251 e. The van der Waals surface area contributed by atoms with Crippen LogP contribution in [0.1, 0.15) is 40.3 Å². The van der Waals surface area contributed by atoms with Gasteiger partial charge in [0.2, 0.25) is 0 Å². The van der Waals surface area contributed by atoms with Crippen molar-refractivity contribution < 1.29 is 9.53 Å². The Morgan fingerprint density at radius 1 is 1.06 bits per heavy atom. The average Bonchev–Trinajstić information content (AvgIpc) is 3.16. The first-order valence-electron chi connectivity index (χ1n) is 10.6. The molecule has 32 heavy (non-hydrogen) atoms. The number of carbonyl (C=O) groups excluding carboxylic acids is 1. The molecule has 0 bridgehead atoms. The van der Waals surface area contributed by atoms with E-state index in [2.05, 4.69) is 29.8 Å². The third kappa shape index (κ3) is 4.63. The molecule has 4 rings (SSSR count). The van der Waals surface area contributed by atoms with Crippen LogP contribution in [0.25, 0.3) is 11.0 Å². The molecule has 1 atom stereocenters. The smallest absolute Gasteiger partial charge is 0.251 e. The van der Waals surface area contributed by atoms with Crippen LogP contribution in [0.15, 0.2) is 66.7 Å². The molecular weight excluding hydrogens is 422 g/mol. The van der Waals surface area contributed by atoms with E-state index in [1.807, 2.05) is 43.3 Å². The lowest BCUT2D eigenvalue weighted by Crippen LogP contribution is -2.29. The van der Waals surface area contributed by atoms with Crippen molar-refractivity contribution >= 4 is 28.5 Å². The van der Waals surface area contributed by atoms with Gasteiger partial charge >= 0.3 is 0 Å². The van der Waals surface area contributed by atoms with Gasteiger partial charge in [0.15, 0.2) is 0 Å². The zero-order valence-electron chi connectivity index (χ0n) is 18.4. The van der Waals surface area contributed by atoms with Crippen molar-refractivity contribution in [3.05, 3.63) is 94.3 Å². The second-order valence-electron chi connectivity index (χ2n) is 7.86. The van der Waals surface area contributed by atoms with Crippen LogP contribution < -0.4 is 10.1 Å². The van der Waals surface area contributed by atoms with Gasteiger partial charge in [0.05, 0.1) is 23.6 Å². The lowest BCUT2D eigenvalue weighted by Gasteiger charge is -2.17. The normalized spacial score (nSPS) is 12.0. The fraction of sp³-hybridized carbons (Fsp3) is 0.231. The number of hydrogen-bond acceptors (Lipinski definition) is 3. The van der Waals surface area contributed by atoms with E-state index in [0.29, 0.717) is 23.7 Å². The van der Waals surface area contributed by atoms with Crippen molar-refractivity contribution in [1.29, 1.82) is 0 Å². The van der Waals surface area contributed by atoms with Gasteiger partial charge in [-0.15, -0.1) is 0 Å². The summed E-state index contributed by atoms with van der Waals surface area (Å²) in [7, 11) is 0. The Morgan fingerprint density at radius 3 is 2.59 bits per heavy atom. The van der Waals surface area contributed by atoms with Crippen LogP contribution in [0.5, 0.6) is 5.75 Å². The van der Waals surface area contributed by atoms with Crippen molar-refractivity contribution in [2.24, 2.45) is 0 Å². The SMILES string of the molecule is Cc1cccc(OCCn2c(C(C)NC(=O)c3ccc(Cl)cc3)nc3ccccc32)c1C. The summed E-state index contributed by atoms with van der Waals surface area (Å²) in [5.74, 6) is 1.51. The number of nitrogens with zero attached hydrogens (tertiary/aromatic N) is 2. The molecule has 0 aliphatic rings. The number of hydrogen-bond donors (Lipinski definition) is 1. The van der Waals surface area contributed by atoms with E-state index in [4.69, 9.17) is 21.3 Å². The molecule has 0 saturated carbocycles. The summed E-state index contributed by atoms with van der Waals surface area (Å²) in [4.78, 5) is 17.5. The predicted octanol–water partition coefficient (Wildman–Crippen LogP) is 5.88. The molecule has 1 heterocycles. The molecule has 0 aliphatic heterocycles. The first-order valence-corrected chi connectivity index (χ1v) is 11.0. The van der Waals surface area contributed by atoms with Gasteiger partial charge in [0.25, 0.3) is 5.91 Å². The minimum absolute atomic E-state index is 0.167. The number of benzene rings is 3. The number of ether oxygens (including phenoxy) is 1. The van der Waals surface area contributed by atoms with E-state index >= 15 is 0 Å². The van der Waals surface area contributed by atoms with E-state index in [1.54, 1.807) is 24.3 Å². The van der Waals surface area contributed by atoms with Crippen molar-refractivity contribution in [2.75, 3.05) is 6.61 Å². The van der Waals surface area contributed by atoms with E-state index in [9.17, 15) is 4.79 Å². The average molecular weight is 448 g/mol. The number of halogens is 1. The molecule has 0 fully saturated rings. The molecule has 0 spiro atoms. The van der Waals surface area contributed by atoms with Crippen LogP contribution in [-0.2, 0) is 6.54 Å². The molecule has 5 nitrogen and oxygen atoms in total. The minimum atomic E-state index is -0.286. The van der Waals surface area contributed by atoms with Crippen LogP contribution in [0.4, 0.5) is 0 Å². The van der Waals surface area contributed by atoms with E-state index < -0.39 is 0 Å². The summed E-state index contributed by atoms with van der Waals surface area (Å²) in [6.07, 6.45) is 0. The molecule has 1 unspecified atom stereocenters. The highest BCUT2D eigenvalue weighted by atomic mass is 35.5. The van der Waals surface area contributed by atoms with Crippen LogP contribution in [0.3, 0.4) is 0 Å². The van der Waals surface area contributed by atoms with Crippen molar-refractivity contribution in [2.45, 2.75) is 33.4 Å². The third-order valence-corrected chi connectivity index (χ3v) is 5.90. The van der Waals surface area contributed by atoms with E-state index in [0.717, 1.165) is 28.2 Å². The first kappa shape index (κ1) is 21.9. The number of imidazole rings is 1. The Hall–Kier alpha value is -3.31. The van der Waals surface area contributed by atoms with Gasteiger partial charge in [0, 0.05) is 10.6 Å². The van der Waals surface area contributed by atoms with Crippen molar-refractivity contribution in [3.8, 4) is 5.75 Å². The number of fused-ring (bicyclic) bond motifs is 1. The number of para-hydroxylation sites is 2. The number of aryl methyl sites for hydroxylation is 1. The Bertz CT molecular complexity index is 1250. The number of carbonyl (C=O) groups is 1. The topological polar surface area (TPSA) is 56.1 Å². The molecule has 0 radical (unpaired) electrons. The largest absolute Gasteiger partial charge is 0.491 e. The summed E-state index contributed by atoms with van der Waals surface area (Å²) >= 11 is 5.94. The summed E-state index contributed by atoms with van der Waals surface area (Å²) in [5, 5.41) is 3.65. The second kappa shape index (κ2) is 9.45. The lowest BCUT2D eigenvalue weighted by molar-refractivity contribution is 0.0937. The molecule has 1 N–H and O–H groups in total. The maximum absolute atomic E-state index is 12.7. The summed E-state index contributed by atoms with van der Waals surface area (Å²) in [6.45, 7) is 7.20. The Morgan fingerprint density at radius 2 is 1.81 bits per heavy atom. The van der Waals surface area contributed by atoms with E-state index in [1.165, 1.54) is 5.56 Å². The number of rotatable bonds is 7. The van der Waals surface area contributed by atoms with Crippen LogP contribution >= 0.6 is 11.6 Å². The quantitative estimate of drug-likeness (QED) is 0.385. The third-order valence-electron chi connectivity index (χ3n) is 5.65. The predicted molar refractivity (Wildman–Crippen MR) is 128 cm³/mol. The Kier molecular flexibility index (Phi) is 6.47. The number of amides is 1. The van der Waals surface area contributed by atoms with Crippen LogP contribution in [0.2, 0.25) is 5.02 Å². The summed E-state index contributed by atoms with van der Waals surface area (Å²) < 4.78 is 8.21. The molecule has 1 aromatic heterocycles. The minimum Gasteiger partial charge on any atom is -0.491 e. The second-order valence-corrected chi connectivity index (χ2v) is 8.30. The molecule has 6 heteroatoms. The number of aromatic nitrogens is 2. The molecule has 0 aliphatic carbocycles. The first-order chi connectivity index (χ1) is 15.4. The highest BCUT2D eigenvalue weighted by Gasteiger charge is 2.19. The summed E-state index contributed by atoms with van der Waals surface area (Å²) in [6, 6.07) is 20.6. The molecule has 0 saturated heterocycles. The molecule has 164 valence electrons. The highest BCUT2D eigenvalue weighted by Crippen LogP contribution is 2.23. The highest BCUT2D eigenvalue weighted by molar-refractivity contribution is 6.30. The van der Waals surface area contributed by atoms with Gasteiger partial charge in [-0.3, -0.25) is 4.79 Å². The van der Waals surface area contributed by atoms with Gasteiger partial charge in [-0.2, -0.15) is 0 Å². The van der Waals surface area contributed by atoms with Crippen LogP contribution in [0, 0.1) is 13.8 Å². The standard InChI is InChI=1S/C26H26ClN3O2/c1-17-7-6-10-24(18(17)2)32-16-15-30-23-9-5-4-8-22(23)29-25(30)19(3)28-26(31)20-11-13-21(27)14-12-20/h4-14,19H,15-16H2,1-3H3,(H,28,31). The van der Waals surface area contributed by atoms with Gasteiger partial charge < -0.3 is 14.6 Å². The van der Waals surface area contributed by atoms with Crippen molar-refractivity contribution in [1.82, 2.24) is 14.9 Å². The Labute approximate surface area is 193 Å². The van der Waals surface area contributed by atoms with Gasteiger partial charge in [-0.1, -0.05) is 35.9 Å². The molecule has 1 amide bonds. The molecule has 3 aromatic carbocycles.